The molecule has 1 heterocycles. The van der Waals surface area contributed by atoms with E-state index in [-0.39, 0.29) is 0 Å². The first kappa shape index (κ1) is 13.0. The summed E-state index contributed by atoms with van der Waals surface area (Å²) >= 11 is 0. The Balaban J connectivity index is 2.62. The van der Waals surface area contributed by atoms with Crippen molar-refractivity contribution in [3.05, 3.63) is 0 Å². The van der Waals surface area contributed by atoms with Crippen molar-refractivity contribution in [2.24, 2.45) is 11.8 Å². The highest BCUT2D eigenvalue weighted by atomic mass is 16.5. The molecule has 1 aliphatic heterocycles. The van der Waals surface area contributed by atoms with Gasteiger partial charge in [-0.25, -0.2) is 0 Å². The van der Waals surface area contributed by atoms with Crippen LogP contribution in [0.25, 0.3) is 0 Å². The van der Waals surface area contributed by atoms with Crippen molar-refractivity contribution in [3.8, 4) is 0 Å². The summed E-state index contributed by atoms with van der Waals surface area (Å²) in [5.74, 6) is 1.52. The molecule has 0 radical (unpaired) electrons. The number of nitrogens with one attached hydrogen (secondary N) is 1. The second-order valence-corrected chi connectivity index (χ2v) is 4.69. The van der Waals surface area contributed by atoms with Crippen LogP contribution in [-0.2, 0) is 4.74 Å². The lowest BCUT2D eigenvalue weighted by Gasteiger charge is -2.32. The molecule has 90 valence electrons. The lowest BCUT2D eigenvalue weighted by atomic mass is 9.81. The van der Waals surface area contributed by atoms with Gasteiger partial charge in [0.15, 0.2) is 0 Å². The smallest absolute Gasteiger partial charge is 0.0590 e. The van der Waals surface area contributed by atoms with Gasteiger partial charge in [0.05, 0.1) is 6.10 Å². The third kappa shape index (κ3) is 3.18. The maximum absolute atomic E-state index is 5.69. The van der Waals surface area contributed by atoms with Gasteiger partial charge in [-0.05, 0) is 25.8 Å². The van der Waals surface area contributed by atoms with E-state index in [1.54, 1.807) is 0 Å². The van der Waals surface area contributed by atoms with Gasteiger partial charge in [-0.2, -0.15) is 0 Å². The van der Waals surface area contributed by atoms with Crippen molar-refractivity contribution >= 4 is 0 Å². The molecule has 0 aromatic rings. The minimum atomic E-state index is 0.439. The molecule has 0 aliphatic carbocycles. The quantitative estimate of drug-likeness (QED) is 0.732. The van der Waals surface area contributed by atoms with Crippen molar-refractivity contribution in [1.29, 1.82) is 0 Å². The van der Waals surface area contributed by atoms with Crippen molar-refractivity contribution in [2.45, 2.75) is 59.1 Å². The summed E-state index contributed by atoms with van der Waals surface area (Å²) < 4.78 is 5.69. The predicted molar refractivity (Wildman–Crippen MR) is 65.1 cm³/mol. The van der Waals surface area contributed by atoms with Crippen LogP contribution in [-0.4, -0.2) is 25.3 Å². The van der Waals surface area contributed by atoms with Crippen LogP contribution in [0.2, 0.25) is 0 Å². The molecule has 1 fully saturated rings. The highest BCUT2D eigenvalue weighted by Gasteiger charge is 2.34. The zero-order chi connectivity index (χ0) is 11.3. The molecule has 3 unspecified atom stereocenters. The van der Waals surface area contributed by atoms with Crippen molar-refractivity contribution in [2.75, 3.05) is 13.2 Å². The average molecular weight is 213 g/mol. The first-order valence-corrected chi connectivity index (χ1v) is 6.59. The van der Waals surface area contributed by atoms with Gasteiger partial charge >= 0.3 is 0 Å². The lowest BCUT2D eigenvalue weighted by molar-refractivity contribution is 0.0855. The second kappa shape index (κ2) is 6.49. The Morgan fingerprint density at radius 1 is 1.27 bits per heavy atom. The normalized spacial score (nSPS) is 28.6. The van der Waals surface area contributed by atoms with Crippen molar-refractivity contribution in [3.63, 3.8) is 0 Å². The number of ether oxygens (including phenoxy) is 1. The zero-order valence-electron chi connectivity index (χ0n) is 10.8. The molecule has 0 aromatic carbocycles. The van der Waals surface area contributed by atoms with E-state index in [0.717, 1.165) is 25.0 Å². The summed E-state index contributed by atoms with van der Waals surface area (Å²) in [4.78, 5) is 0. The molecule has 0 spiro atoms. The van der Waals surface area contributed by atoms with Crippen LogP contribution in [0.4, 0.5) is 0 Å². The third-order valence-corrected chi connectivity index (χ3v) is 3.89. The molecule has 1 saturated heterocycles. The summed E-state index contributed by atoms with van der Waals surface area (Å²) in [6.45, 7) is 11.1. The molecule has 1 rings (SSSR count). The van der Waals surface area contributed by atoms with Crippen LogP contribution in [0.15, 0.2) is 0 Å². The van der Waals surface area contributed by atoms with E-state index < -0.39 is 0 Å². The monoisotopic (exact) mass is 213 g/mol. The largest absolute Gasteiger partial charge is 0.378 e. The minimum Gasteiger partial charge on any atom is -0.378 e. The fraction of sp³-hybridized carbons (Fsp3) is 1.00. The summed E-state index contributed by atoms with van der Waals surface area (Å²) in [6, 6.07) is 0.655. The van der Waals surface area contributed by atoms with Crippen LogP contribution >= 0.6 is 0 Å². The first-order chi connectivity index (χ1) is 7.24. The molecular formula is C13H27NO. The van der Waals surface area contributed by atoms with E-state index >= 15 is 0 Å². The molecule has 1 aliphatic rings. The fourth-order valence-corrected chi connectivity index (χ4v) is 2.92. The maximum Gasteiger partial charge on any atom is 0.0590 e. The molecule has 0 saturated carbocycles. The van der Waals surface area contributed by atoms with Gasteiger partial charge in [-0.1, -0.05) is 33.6 Å². The number of hydrogen-bond acceptors (Lipinski definition) is 2. The lowest BCUT2D eigenvalue weighted by Crippen LogP contribution is -2.44. The van der Waals surface area contributed by atoms with E-state index in [9.17, 15) is 0 Å². The molecule has 0 amide bonds. The van der Waals surface area contributed by atoms with E-state index in [1.807, 2.05) is 0 Å². The Morgan fingerprint density at radius 2 is 1.93 bits per heavy atom. The number of hydrogen-bond donors (Lipinski definition) is 1. The SMILES string of the molecule is CCNC(C(CC)CC)C1CCOC1C. The summed E-state index contributed by atoms with van der Waals surface area (Å²) in [5.41, 5.74) is 0. The molecule has 3 atom stereocenters. The van der Waals surface area contributed by atoms with E-state index in [0.29, 0.717) is 12.1 Å². The standard InChI is InChI=1S/C13H27NO/c1-5-11(6-2)13(14-7-3)12-8-9-15-10(12)4/h10-14H,5-9H2,1-4H3. The van der Waals surface area contributed by atoms with Crippen LogP contribution < -0.4 is 5.32 Å². The Morgan fingerprint density at radius 3 is 2.33 bits per heavy atom. The Labute approximate surface area is 94.8 Å². The second-order valence-electron chi connectivity index (χ2n) is 4.69. The van der Waals surface area contributed by atoms with Crippen molar-refractivity contribution in [1.82, 2.24) is 5.32 Å². The van der Waals surface area contributed by atoms with Crippen LogP contribution in [0.3, 0.4) is 0 Å². The van der Waals surface area contributed by atoms with Crippen LogP contribution in [0.5, 0.6) is 0 Å². The topological polar surface area (TPSA) is 21.3 Å². The van der Waals surface area contributed by atoms with Gasteiger partial charge in [-0.3, -0.25) is 0 Å². The molecule has 0 aromatic heterocycles. The summed E-state index contributed by atoms with van der Waals surface area (Å²) in [5, 5.41) is 3.68. The summed E-state index contributed by atoms with van der Waals surface area (Å²) in [6.07, 6.45) is 4.22. The molecule has 2 nitrogen and oxygen atoms in total. The zero-order valence-corrected chi connectivity index (χ0v) is 10.8. The Bertz CT molecular complexity index is 168. The average Bonchev–Trinajstić information content (AvgIpc) is 2.65. The molecular weight excluding hydrogens is 186 g/mol. The molecule has 15 heavy (non-hydrogen) atoms. The van der Waals surface area contributed by atoms with Gasteiger partial charge in [0.1, 0.15) is 0 Å². The third-order valence-electron chi connectivity index (χ3n) is 3.89. The van der Waals surface area contributed by atoms with Gasteiger partial charge in [0.2, 0.25) is 0 Å². The van der Waals surface area contributed by atoms with E-state index in [1.165, 1.54) is 19.3 Å². The van der Waals surface area contributed by atoms with Gasteiger partial charge in [-0.15, -0.1) is 0 Å². The maximum atomic E-state index is 5.69. The molecule has 2 heteroatoms. The number of rotatable bonds is 6. The Hall–Kier alpha value is -0.0800. The van der Waals surface area contributed by atoms with Gasteiger partial charge in [0.25, 0.3) is 0 Å². The first-order valence-electron chi connectivity index (χ1n) is 6.59. The predicted octanol–water partition coefficient (Wildman–Crippen LogP) is 2.83. The molecule has 0 bridgehead atoms. The van der Waals surface area contributed by atoms with Gasteiger partial charge in [0, 0.05) is 18.6 Å². The highest BCUT2D eigenvalue weighted by Crippen LogP contribution is 2.30. The van der Waals surface area contributed by atoms with Gasteiger partial charge < -0.3 is 10.1 Å². The van der Waals surface area contributed by atoms with Crippen LogP contribution in [0.1, 0.15) is 47.0 Å². The fourth-order valence-electron chi connectivity index (χ4n) is 2.92. The Kier molecular flexibility index (Phi) is 5.62. The van der Waals surface area contributed by atoms with Crippen molar-refractivity contribution < 1.29 is 4.74 Å². The van der Waals surface area contributed by atoms with Crippen LogP contribution in [0, 0.1) is 11.8 Å². The van der Waals surface area contributed by atoms with E-state index in [2.05, 4.69) is 33.0 Å². The minimum absolute atomic E-state index is 0.439. The van der Waals surface area contributed by atoms with E-state index in [4.69, 9.17) is 4.74 Å². The highest BCUT2D eigenvalue weighted by molar-refractivity contribution is 4.87. The summed E-state index contributed by atoms with van der Waals surface area (Å²) in [7, 11) is 0. The molecule has 1 N–H and O–H groups in total.